The van der Waals surface area contributed by atoms with Crippen molar-refractivity contribution in [1.29, 1.82) is 0 Å². The summed E-state index contributed by atoms with van der Waals surface area (Å²) in [5.41, 5.74) is 7.26. The zero-order valence-corrected chi connectivity index (χ0v) is 10.6. The zero-order chi connectivity index (χ0) is 12.0. The largest absolute Gasteiger partial charge is 0.369 e. The van der Waals surface area contributed by atoms with Gasteiger partial charge in [0.15, 0.2) is 5.96 Å². The smallest absolute Gasteiger partial charge is 0.196 e. The SMILES string of the molecule is CC1CC2(CN=C(N)N2c2ccc(Cl)cc2)C1. The van der Waals surface area contributed by atoms with Crippen molar-refractivity contribution < 1.29 is 0 Å². The molecule has 3 rings (SSSR count). The van der Waals surface area contributed by atoms with E-state index in [2.05, 4.69) is 16.8 Å². The lowest BCUT2D eigenvalue weighted by Gasteiger charge is -2.49. The molecule has 0 saturated heterocycles. The maximum absolute atomic E-state index is 6.02. The number of guanidine groups is 1. The maximum Gasteiger partial charge on any atom is 0.196 e. The molecule has 0 unspecified atom stereocenters. The number of benzene rings is 1. The van der Waals surface area contributed by atoms with Crippen molar-refractivity contribution in [3.05, 3.63) is 29.3 Å². The Labute approximate surface area is 106 Å². The molecule has 1 spiro atoms. The maximum atomic E-state index is 6.02. The normalized spacial score (nSPS) is 31.5. The number of rotatable bonds is 1. The molecule has 0 atom stereocenters. The third-order valence-electron chi connectivity index (χ3n) is 3.78. The van der Waals surface area contributed by atoms with Gasteiger partial charge >= 0.3 is 0 Å². The summed E-state index contributed by atoms with van der Waals surface area (Å²) in [6.07, 6.45) is 2.33. The number of nitrogens with zero attached hydrogens (tertiary/aromatic N) is 2. The summed E-state index contributed by atoms with van der Waals surface area (Å²) in [5.74, 6) is 1.41. The highest BCUT2D eigenvalue weighted by Crippen LogP contribution is 2.46. The Hall–Kier alpha value is -1.22. The van der Waals surface area contributed by atoms with Crippen molar-refractivity contribution in [2.45, 2.75) is 25.3 Å². The number of anilines is 1. The predicted molar refractivity (Wildman–Crippen MR) is 71.5 cm³/mol. The van der Waals surface area contributed by atoms with Gasteiger partial charge in [-0.25, -0.2) is 0 Å². The van der Waals surface area contributed by atoms with Crippen molar-refractivity contribution in [3.8, 4) is 0 Å². The minimum absolute atomic E-state index is 0.136. The Balaban J connectivity index is 1.94. The minimum atomic E-state index is 0.136. The number of halogens is 1. The van der Waals surface area contributed by atoms with Gasteiger partial charge < -0.3 is 10.6 Å². The Kier molecular flexibility index (Phi) is 2.33. The van der Waals surface area contributed by atoms with Crippen LogP contribution in [0.4, 0.5) is 5.69 Å². The van der Waals surface area contributed by atoms with E-state index in [1.54, 1.807) is 0 Å². The van der Waals surface area contributed by atoms with Crippen molar-refractivity contribution >= 4 is 23.2 Å². The molecule has 17 heavy (non-hydrogen) atoms. The van der Waals surface area contributed by atoms with Gasteiger partial charge in [-0.15, -0.1) is 0 Å². The summed E-state index contributed by atoms with van der Waals surface area (Å²) in [4.78, 5) is 6.60. The lowest BCUT2D eigenvalue weighted by atomic mass is 9.68. The molecule has 2 aliphatic rings. The summed E-state index contributed by atoms with van der Waals surface area (Å²) in [7, 11) is 0. The average Bonchev–Trinajstić information content (AvgIpc) is 2.58. The fraction of sp³-hybridized carbons (Fsp3) is 0.462. The number of nitrogens with two attached hydrogens (primary N) is 1. The molecule has 1 saturated carbocycles. The second-order valence-corrected chi connectivity index (χ2v) is 5.66. The van der Waals surface area contributed by atoms with Crippen LogP contribution >= 0.6 is 11.6 Å². The summed E-state index contributed by atoms with van der Waals surface area (Å²) in [6, 6.07) is 7.83. The molecule has 0 bridgehead atoms. The third kappa shape index (κ3) is 1.61. The van der Waals surface area contributed by atoms with Crippen LogP contribution in [0.15, 0.2) is 29.3 Å². The first kappa shape index (κ1) is 10.9. The van der Waals surface area contributed by atoms with Crippen LogP contribution in [-0.2, 0) is 0 Å². The molecule has 0 radical (unpaired) electrons. The molecule has 1 aliphatic heterocycles. The van der Waals surface area contributed by atoms with Crippen LogP contribution in [0.5, 0.6) is 0 Å². The van der Waals surface area contributed by atoms with Gasteiger partial charge in [0.25, 0.3) is 0 Å². The molecule has 1 fully saturated rings. The summed E-state index contributed by atoms with van der Waals surface area (Å²) < 4.78 is 0. The molecule has 0 aromatic heterocycles. The molecule has 90 valence electrons. The van der Waals surface area contributed by atoms with E-state index in [-0.39, 0.29) is 5.54 Å². The van der Waals surface area contributed by atoms with Gasteiger partial charge in [0, 0.05) is 10.7 Å². The van der Waals surface area contributed by atoms with Gasteiger partial charge in [-0.2, -0.15) is 0 Å². The molecule has 1 aromatic carbocycles. The van der Waals surface area contributed by atoms with Gasteiger partial charge in [-0.3, -0.25) is 4.99 Å². The third-order valence-corrected chi connectivity index (χ3v) is 4.03. The lowest BCUT2D eigenvalue weighted by molar-refractivity contribution is 0.182. The molecule has 1 aromatic rings. The highest BCUT2D eigenvalue weighted by molar-refractivity contribution is 6.30. The van der Waals surface area contributed by atoms with Gasteiger partial charge in [0.1, 0.15) is 0 Å². The van der Waals surface area contributed by atoms with Crippen molar-refractivity contribution in [2.24, 2.45) is 16.6 Å². The van der Waals surface area contributed by atoms with Crippen LogP contribution in [-0.4, -0.2) is 18.0 Å². The molecule has 1 aliphatic carbocycles. The lowest BCUT2D eigenvalue weighted by Crippen LogP contribution is -2.59. The van der Waals surface area contributed by atoms with Crippen LogP contribution in [0.25, 0.3) is 0 Å². The van der Waals surface area contributed by atoms with Gasteiger partial charge in [0.05, 0.1) is 12.1 Å². The molecular weight excluding hydrogens is 234 g/mol. The Bertz CT molecular complexity index is 460. The fourth-order valence-electron chi connectivity index (χ4n) is 3.16. The Morgan fingerprint density at radius 1 is 1.35 bits per heavy atom. The molecule has 1 heterocycles. The van der Waals surface area contributed by atoms with Crippen molar-refractivity contribution in [1.82, 2.24) is 0 Å². The first-order valence-corrected chi connectivity index (χ1v) is 6.34. The van der Waals surface area contributed by atoms with E-state index in [9.17, 15) is 0 Å². The van der Waals surface area contributed by atoms with Gasteiger partial charge in [-0.05, 0) is 43.0 Å². The van der Waals surface area contributed by atoms with E-state index in [0.717, 1.165) is 23.2 Å². The Morgan fingerprint density at radius 3 is 2.59 bits per heavy atom. The number of hydrogen-bond donors (Lipinski definition) is 1. The van der Waals surface area contributed by atoms with E-state index >= 15 is 0 Å². The summed E-state index contributed by atoms with van der Waals surface area (Å²) in [6.45, 7) is 3.10. The summed E-state index contributed by atoms with van der Waals surface area (Å²) in [5, 5.41) is 0.750. The van der Waals surface area contributed by atoms with E-state index in [4.69, 9.17) is 17.3 Å². The van der Waals surface area contributed by atoms with Gasteiger partial charge in [0.2, 0.25) is 0 Å². The molecule has 2 N–H and O–H groups in total. The predicted octanol–water partition coefficient (Wildman–Crippen LogP) is 2.64. The fourth-order valence-corrected chi connectivity index (χ4v) is 3.28. The highest BCUT2D eigenvalue weighted by Gasteiger charge is 2.51. The first-order valence-electron chi connectivity index (χ1n) is 5.96. The molecular formula is C13H16ClN3. The quantitative estimate of drug-likeness (QED) is 0.831. The molecule has 0 amide bonds. The topological polar surface area (TPSA) is 41.6 Å². The van der Waals surface area contributed by atoms with E-state index in [1.165, 1.54) is 12.8 Å². The minimum Gasteiger partial charge on any atom is -0.369 e. The first-order chi connectivity index (χ1) is 8.11. The number of hydrogen-bond acceptors (Lipinski definition) is 3. The summed E-state index contributed by atoms with van der Waals surface area (Å²) >= 11 is 5.92. The van der Waals surface area contributed by atoms with E-state index in [0.29, 0.717) is 5.96 Å². The highest BCUT2D eigenvalue weighted by atomic mass is 35.5. The van der Waals surface area contributed by atoms with Crippen LogP contribution in [0.1, 0.15) is 19.8 Å². The average molecular weight is 250 g/mol. The Morgan fingerprint density at radius 2 is 2.00 bits per heavy atom. The standard InChI is InChI=1S/C13H16ClN3/c1-9-6-13(7-9)8-16-12(15)17(13)11-4-2-10(14)3-5-11/h2-5,9H,6-8H2,1H3,(H2,15,16). The second-order valence-electron chi connectivity index (χ2n) is 5.22. The van der Waals surface area contributed by atoms with Crippen LogP contribution in [0.2, 0.25) is 5.02 Å². The monoisotopic (exact) mass is 249 g/mol. The van der Waals surface area contributed by atoms with Crippen molar-refractivity contribution in [2.75, 3.05) is 11.4 Å². The van der Waals surface area contributed by atoms with Crippen LogP contribution in [0.3, 0.4) is 0 Å². The van der Waals surface area contributed by atoms with Crippen LogP contribution in [0, 0.1) is 5.92 Å². The molecule has 4 heteroatoms. The van der Waals surface area contributed by atoms with Gasteiger partial charge in [-0.1, -0.05) is 18.5 Å². The van der Waals surface area contributed by atoms with Crippen LogP contribution < -0.4 is 10.6 Å². The molecule has 3 nitrogen and oxygen atoms in total. The number of aliphatic imine (C=N–C) groups is 1. The second kappa shape index (κ2) is 3.64. The van der Waals surface area contributed by atoms with Crippen molar-refractivity contribution in [3.63, 3.8) is 0 Å². The zero-order valence-electron chi connectivity index (χ0n) is 9.86. The van der Waals surface area contributed by atoms with E-state index < -0.39 is 0 Å². The van der Waals surface area contributed by atoms with E-state index in [1.807, 2.05) is 24.3 Å².